The maximum Gasteiger partial charge on any atom is 0.229 e. The van der Waals surface area contributed by atoms with Crippen molar-refractivity contribution in [3.63, 3.8) is 0 Å². The Bertz CT molecular complexity index is 550. The number of benzene rings is 1. The average molecular weight is 302 g/mol. The number of nitrogens with zero attached hydrogens (tertiary/aromatic N) is 1. The highest BCUT2D eigenvalue weighted by Gasteiger charge is 2.38. The van der Waals surface area contributed by atoms with E-state index in [1.54, 1.807) is 19.2 Å². The molecular weight excluding hydrogens is 280 g/mol. The van der Waals surface area contributed by atoms with E-state index in [9.17, 15) is 9.59 Å². The molecule has 3 rings (SSSR count). The zero-order valence-electron chi connectivity index (χ0n) is 12.9. The molecule has 0 spiro atoms. The molecule has 5 nitrogen and oxygen atoms in total. The summed E-state index contributed by atoms with van der Waals surface area (Å²) in [5, 5.41) is 2.89. The van der Waals surface area contributed by atoms with Crippen LogP contribution in [0.2, 0.25) is 0 Å². The highest BCUT2D eigenvalue weighted by molar-refractivity contribution is 5.97. The van der Waals surface area contributed by atoms with Gasteiger partial charge in [-0.05, 0) is 37.1 Å². The normalized spacial score (nSPS) is 22.1. The molecular formula is C17H22N2O3. The molecule has 1 unspecified atom stereocenters. The Morgan fingerprint density at radius 2 is 1.91 bits per heavy atom. The fourth-order valence-corrected chi connectivity index (χ4v) is 3.39. The van der Waals surface area contributed by atoms with Crippen molar-refractivity contribution < 1.29 is 14.3 Å². The summed E-state index contributed by atoms with van der Waals surface area (Å²) in [6, 6.07) is 7.58. The number of methoxy groups -OCH3 is 1. The van der Waals surface area contributed by atoms with E-state index in [-0.39, 0.29) is 17.7 Å². The number of nitrogens with one attached hydrogen (secondary N) is 1. The molecule has 22 heavy (non-hydrogen) atoms. The molecule has 118 valence electrons. The van der Waals surface area contributed by atoms with Gasteiger partial charge in [0.2, 0.25) is 11.8 Å². The highest BCUT2D eigenvalue weighted by atomic mass is 16.5. The first-order valence-corrected chi connectivity index (χ1v) is 7.92. The zero-order chi connectivity index (χ0) is 15.5. The number of hydrogen-bond donors (Lipinski definition) is 1. The molecule has 1 aliphatic heterocycles. The Morgan fingerprint density at radius 1 is 1.23 bits per heavy atom. The molecule has 1 aliphatic carbocycles. The molecule has 0 bridgehead atoms. The van der Waals surface area contributed by atoms with Gasteiger partial charge in [-0.15, -0.1) is 0 Å². The SMILES string of the molecule is COc1ccc(NC(=O)C2CC(=O)N(C3CCCC3)C2)cc1. The number of likely N-dealkylation sites (tertiary alicyclic amines) is 1. The smallest absolute Gasteiger partial charge is 0.229 e. The summed E-state index contributed by atoms with van der Waals surface area (Å²) in [5.41, 5.74) is 0.734. The number of rotatable bonds is 4. The van der Waals surface area contributed by atoms with Gasteiger partial charge in [0, 0.05) is 24.7 Å². The van der Waals surface area contributed by atoms with Crippen molar-refractivity contribution in [2.75, 3.05) is 19.0 Å². The van der Waals surface area contributed by atoms with Gasteiger partial charge < -0.3 is 15.0 Å². The first kappa shape index (κ1) is 14.9. The lowest BCUT2D eigenvalue weighted by atomic mass is 10.1. The lowest BCUT2D eigenvalue weighted by molar-refractivity contribution is -0.129. The third-order valence-corrected chi connectivity index (χ3v) is 4.65. The summed E-state index contributed by atoms with van der Waals surface area (Å²) in [6.45, 7) is 0.561. The van der Waals surface area contributed by atoms with Crippen LogP contribution >= 0.6 is 0 Å². The van der Waals surface area contributed by atoms with E-state index in [2.05, 4.69) is 5.32 Å². The van der Waals surface area contributed by atoms with Crippen LogP contribution in [0.5, 0.6) is 5.75 Å². The first-order valence-electron chi connectivity index (χ1n) is 7.92. The van der Waals surface area contributed by atoms with Gasteiger partial charge in [-0.25, -0.2) is 0 Å². The number of amides is 2. The van der Waals surface area contributed by atoms with Crippen LogP contribution in [0.4, 0.5) is 5.69 Å². The molecule has 1 aromatic carbocycles. The third kappa shape index (κ3) is 3.08. The molecule has 1 saturated heterocycles. The van der Waals surface area contributed by atoms with Crippen molar-refractivity contribution in [2.24, 2.45) is 5.92 Å². The van der Waals surface area contributed by atoms with Crippen LogP contribution in [-0.4, -0.2) is 36.4 Å². The molecule has 2 amide bonds. The lowest BCUT2D eigenvalue weighted by Gasteiger charge is -2.23. The van der Waals surface area contributed by atoms with Crippen molar-refractivity contribution >= 4 is 17.5 Å². The summed E-state index contributed by atoms with van der Waals surface area (Å²) in [4.78, 5) is 26.4. The first-order chi connectivity index (χ1) is 10.7. The predicted octanol–water partition coefficient (Wildman–Crippen LogP) is 2.42. The number of carbonyl (C=O) groups is 2. The predicted molar refractivity (Wildman–Crippen MR) is 83.7 cm³/mol. The number of anilines is 1. The van der Waals surface area contributed by atoms with Crippen LogP contribution in [0.15, 0.2) is 24.3 Å². The van der Waals surface area contributed by atoms with Crippen molar-refractivity contribution in [2.45, 2.75) is 38.1 Å². The Hall–Kier alpha value is -2.04. The summed E-state index contributed by atoms with van der Waals surface area (Å²) in [6.07, 6.45) is 4.88. The minimum atomic E-state index is -0.241. The summed E-state index contributed by atoms with van der Waals surface area (Å²) in [5.74, 6) is 0.567. The van der Waals surface area contributed by atoms with E-state index >= 15 is 0 Å². The lowest BCUT2D eigenvalue weighted by Crippen LogP contribution is -2.35. The van der Waals surface area contributed by atoms with Crippen LogP contribution in [-0.2, 0) is 9.59 Å². The fourth-order valence-electron chi connectivity index (χ4n) is 3.39. The third-order valence-electron chi connectivity index (χ3n) is 4.65. The second-order valence-electron chi connectivity index (χ2n) is 6.10. The van der Waals surface area contributed by atoms with Crippen LogP contribution in [0.25, 0.3) is 0 Å². The molecule has 2 fully saturated rings. The van der Waals surface area contributed by atoms with Crippen LogP contribution < -0.4 is 10.1 Å². The monoisotopic (exact) mass is 302 g/mol. The molecule has 2 aliphatic rings. The Morgan fingerprint density at radius 3 is 2.55 bits per heavy atom. The minimum absolute atomic E-state index is 0.0704. The van der Waals surface area contributed by atoms with E-state index in [4.69, 9.17) is 4.74 Å². The van der Waals surface area contributed by atoms with E-state index in [1.807, 2.05) is 17.0 Å². The highest BCUT2D eigenvalue weighted by Crippen LogP contribution is 2.30. The number of hydrogen-bond acceptors (Lipinski definition) is 3. The molecule has 0 radical (unpaired) electrons. The molecule has 1 N–H and O–H groups in total. The van der Waals surface area contributed by atoms with Crippen molar-refractivity contribution in [3.05, 3.63) is 24.3 Å². The number of ether oxygens (including phenoxy) is 1. The zero-order valence-corrected chi connectivity index (χ0v) is 12.9. The van der Waals surface area contributed by atoms with Gasteiger partial charge >= 0.3 is 0 Å². The van der Waals surface area contributed by atoms with Crippen molar-refractivity contribution in [1.82, 2.24) is 4.90 Å². The van der Waals surface area contributed by atoms with Crippen LogP contribution in [0.3, 0.4) is 0 Å². The summed E-state index contributed by atoms with van der Waals surface area (Å²) < 4.78 is 5.10. The molecule has 1 saturated carbocycles. The fraction of sp³-hybridized carbons (Fsp3) is 0.529. The summed E-state index contributed by atoms with van der Waals surface area (Å²) >= 11 is 0. The quantitative estimate of drug-likeness (QED) is 0.929. The van der Waals surface area contributed by atoms with Crippen molar-refractivity contribution in [3.8, 4) is 5.75 Å². The molecule has 1 aromatic rings. The van der Waals surface area contributed by atoms with Gasteiger partial charge in [0.1, 0.15) is 5.75 Å². The Labute approximate surface area is 130 Å². The molecule has 0 aromatic heterocycles. The maximum atomic E-state index is 12.4. The van der Waals surface area contributed by atoms with Gasteiger partial charge in [-0.3, -0.25) is 9.59 Å². The molecule has 1 atom stereocenters. The average Bonchev–Trinajstić information content (AvgIpc) is 3.17. The van der Waals surface area contributed by atoms with E-state index in [1.165, 1.54) is 12.8 Å². The van der Waals surface area contributed by atoms with E-state index in [0.29, 0.717) is 19.0 Å². The number of carbonyl (C=O) groups excluding carboxylic acids is 2. The van der Waals surface area contributed by atoms with E-state index in [0.717, 1.165) is 24.3 Å². The van der Waals surface area contributed by atoms with Crippen LogP contribution in [0.1, 0.15) is 32.1 Å². The molecule has 1 heterocycles. The Balaban J connectivity index is 1.59. The van der Waals surface area contributed by atoms with Crippen LogP contribution in [0, 0.1) is 5.92 Å². The van der Waals surface area contributed by atoms with Gasteiger partial charge in [-0.1, -0.05) is 12.8 Å². The second kappa shape index (κ2) is 6.38. The largest absolute Gasteiger partial charge is 0.497 e. The van der Waals surface area contributed by atoms with Gasteiger partial charge in [-0.2, -0.15) is 0 Å². The Kier molecular flexibility index (Phi) is 4.32. The van der Waals surface area contributed by atoms with Gasteiger partial charge in [0.25, 0.3) is 0 Å². The topological polar surface area (TPSA) is 58.6 Å². The molecule has 5 heteroatoms. The van der Waals surface area contributed by atoms with Gasteiger partial charge in [0.05, 0.1) is 13.0 Å². The van der Waals surface area contributed by atoms with Gasteiger partial charge in [0.15, 0.2) is 0 Å². The second-order valence-corrected chi connectivity index (χ2v) is 6.10. The van der Waals surface area contributed by atoms with E-state index < -0.39 is 0 Å². The minimum Gasteiger partial charge on any atom is -0.497 e. The summed E-state index contributed by atoms with van der Waals surface area (Å²) in [7, 11) is 1.61. The maximum absolute atomic E-state index is 12.4. The van der Waals surface area contributed by atoms with Crippen molar-refractivity contribution in [1.29, 1.82) is 0 Å². The standard InChI is InChI=1S/C17H22N2O3/c1-22-15-8-6-13(7-9-15)18-17(21)12-10-16(20)19(11-12)14-4-2-3-5-14/h6-9,12,14H,2-5,10-11H2,1H3,(H,18,21).